The maximum Gasteiger partial charge on any atom is -0.00369 e. The molecule has 0 spiro atoms. The van der Waals surface area contributed by atoms with E-state index >= 15 is 0 Å². The van der Waals surface area contributed by atoms with Crippen LogP contribution in [0.2, 0.25) is 0 Å². The highest BCUT2D eigenvalue weighted by Gasteiger charge is 1.89. The molecule has 0 radical (unpaired) electrons. The molecular formula is C10H34N4O4. The van der Waals surface area contributed by atoms with E-state index in [0.717, 1.165) is 52.1 Å². The first kappa shape index (κ1) is 30.6. The average Bonchev–Trinajstić information content (AvgIpc) is 2.21. The fourth-order valence-electron chi connectivity index (χ4n) is 1.20. The molecule has 0 fully saturated rings. The van der Waals surface area contributed by atoms with Crippen LogP contribution in [-0.4, -0.2) is 61.2 Å². The third-order valence-electron chi connectivity index (χ3n) is 2.07. The van der Waals surface area contributed by atoms with Crippen LogP contribution in [0.1, 0.15) is 25.7 Å². The van der Waals surface area contributed by atoms with E-state index in [4.69, 9.17) is 11.5 Å². The molecule has 0 aromatic rings. The van der Waals surface area contributed by atoms with Crippen LogP contribution in [0.25, 0.3) is 0 Å². The molecule has 0 saturated heterocycles. The summed E-state index contributed by atoms with van der Waals surface area (Å²) in [4.78, 5) is 0. The second-order valence-electron chi connectivity index (χ2n) is 3.49. The topological polar surface area (TPSA) is 202 Å². The summed E-state index contributed by atoms with van der Waals surface area (Å²) in [6, 6.07) is 0. The molecule has 0 aliphatic heterocycles. The molecule has 0 aliphatic carbocycles. The van der Waals surface area contributed by atoms with E-state index in [2.05, 4.69) is 10.6 Å². The summed E-state index contributed by atoms with van der Waals surface area (Å²) in [5, 5.41) is 6.72. The minimum Gasteiger partial charge on any atom is -0.412 e. The average molecular weight is 274 g/mol. The molecule has 8 nitrogen and oxygen atoms in total. The van der Waals surface area contributed by atoms with Crippen molar-refractivity contribution in [2.24, 2.45) is 11.5 Å². The monoisotopic (exact) mass is 274 g/mol. The van der Waals surface area contributed by atoms with Gasteiger partial charge < -0.3 is 44.0 Å². The lowest BCUT2D eigenvalue weighted by molar-refractivity contribution is 0.570. The largest absolute Gasteiger partial charge is 0.412 e. The molecule has 118 valence electrons. The number of hydrogen-bond acceptors (Lipinski definition) is 4. The predicted molar refractivity (Wildman–Crippen MR) is 76.8 cm³/mol. The van der Waals surface area contributed by atoms with Crippen LogP contribution < -0.4 is 22.1 Å². The smallest absolute Gasteiger partial charge is 0.00369 e. The molecule has 0 bridgehead atoms. The Morgan fingerprint density at radius 2 is 0.778 bits per heavy atom. The van der Waals surface area contributed by atoms with Crippen LogP contribution in [0.5, 0.6) is 0 Å². The van der Waals surface area contributed by atoms with Crippen LogP contribution in [0.3, 0.4) is 0 Å². The van der Waals surface area contributed by atoms with Crippen LogP contribution in [0, 0.1) is 0 Å². The van der Waals surface area contributed by atoms with Gasteiger partial charge in [-0.05, 0) is 65.0 Å². The Labute approximate surface area is 110 Å². The molecule has 0 aromatic heterocycles. The van der Waals surface area contributed by atoms with Gasteiger partial charge in [-0.1, -0.05) is 0 Å². The van der Waals surface area contributed by atoms with Crippen molar-refractivity contribution in [2.45, 2.75) is 25.7 Å². The summed E-state index contributed by atoms with van der Waals surface area (Å²) in [5.74, 6) is 0. The molecule has 0 unspecified atom stereocenters. The molecule has 0 saturated carbocycles. The Kier molecular flexibility index (Phi) is 51.1. The fraction of sp³-hybridized carbons (Fsp3) is 1.00. The maximum atomic E-state index is 5.38. The zero-order chi connectivity index (χ0) is 10.5. The van der Waals surface area contributed by atoms with Crippen molar-refractivity contribution >= 4 is 0 Å². The van der Waals surface area contributed by atoms with Gasteiger partial charge in [0.2, 0.25) is 0 Å². The van der Waals surface area contributed by atoms with Crippen molar-refractivity contribution in [3.63, 3.8) is 0 Å². The Morgan fingerprint density at radius 3 is 1.06 bits per heavy atom. The van der Waals surface area contributed by atoms with Crippen molar-refractivity contribution in [3.05, 3.63) is 0 Å². The standard InChI is InChI=1S/C10H26N4.4H2O/c11-5-3-9-13-7-1-2-8-14-10-4-6-12;;;;/h13-14H,1-12H2;4*1H2. The third-order valence-corrected chi connectivity index (χ3v) is 2.07. The summed E-state index contributed by atoms with van der Waals surface area (Å²) in [7, 11) is 0. The van der Waals surface area contributed by atoms with E-state index in [1.807, 2.05) is 0 Å². The molecule has 0 atom stereocenters. The van der Waals surface area contributed by atoms with E-state index in [-0.39, 0.29) is 21.9 Å². The van der Waals surface area contributed by atoms with Gasteiger partial charge in [-0.25, -0.2) is 0 Å². The van der Waals surface area contributed by atoms with Crippen LogP contribution in [0.4, 0.5) is 0 Å². The van der Waals surface area contributed by atoms with Gasteiger partial charge in [-0.3, -0.25) is 0 Å². The van der Waals surface area contributed by atoms with E-state index in [9.17, 15) is 0 Å². The maximum absolute atomic E-state index is 5.38. The Bertz CT molecular complexity index is 99.9. The van der Waals surface area contributed by atoms with Crippen LogP contribution in [-0.2, 0) is 0 Å². The van der Waals surface area contributed by atoms with E-state index in [0.29, 0.717) is 0 Å². The summed E-state index contributed by atoms with van der Waals surface area (Å²) in [6.07, 6.45) is 4.63. The van der Waals surface area contributed by atoms with Crippen molar-refractivity contribution in [3.8, 4) is 0 Å². The van der Waals surface area contributed by atoms with Crippen LogP contribution in [0.15, 0.2) is 0 Å². The molecule has 0 amide bonds. The SMILES string of the molecule is NCCCNCCCCNCCCN.O.O.O.O. The molecule has 14 N–H and O–H groups in total. The highest BCUT2D eigenvalue weighted by Crippen LogP contribution is 1.84. The fourth-order valence-corrected chi connectivity index (χ4v) is 1.20. The first-order chi connectivity index (χ1) is 6.91. The number of rotatable bonds is 11. The van der Waals surface area contributed by atoms with Gasteiger partial charge in [-0.15, -0.1) is 0 Å². The van der Waals surface area contributed by atoms with Crippen molar-refractivity contribution in [2.75, 3.05) is 39.3 Å². The van der Waals surface area contributed by atoms with Gasteiger partial charge in [0.15, 0.2) is 0 Å². The number of nitrogens with two attached hydrogens (primary N) is 2. The van der Waals surface area contributed by atoms with Crippen molar-refractivity contribution < 1.29 is 21.9 Å². The lowest BCUT2D eigenvalue weighted by atomic mass is 10.3. The third kappa shape index (κ3) is 29.6. The summed E-state index contributed by atoms with van der Waals surface area (Å²) >= 11 is 0. The first-order valence-corrected chi connectivity index (χ1v) is 5.73. The van der Waals surface area contributed by atoms with Gasteiger partial charge >= 0.3 is 0 Å². The van der Waals surface area contributed by atoms with Gasteiger partial charge in [0, 0.05) is 0 Å². The minimum absolute atomic E-state index is 0. The first-order valence-electron chi connectivity index (χ1n) is 5.73. The second-order valence-corrected chi connectivity index (χ2v) is 3.49. The highest BCUT2D eigenvalue weighted by atomic mass is 16.0. The normalized spacial score (nSPS) is 8.33. The number of nitrogens with one attached hydrogen (secondary N) is 2. The summed E-state index contributed by atoms with van der Waals surface area (Å²) < 4.78 is 0. The molecule has 18 heavy (non-hydrogen) atoms. The quantitative estimate of drug-likeness (QED) is 0.281. The van der Waals surface area contributed by atoms with Gasteiger partial charge in [-0.2, -0.15) is 0 Å². The molecule has 8 heteroatoms. The number of unbranched alkanes of at least 4 members (excludes halogenated alkanes) is 1. The molecule has 0 rings (SSSR count). The van der Waals surface area contributed by atoms with Crippen molar-refractivity contribution in [1.82, 2.24) is 10.6 Å². The van der Waals surface area contributed by atoms with E-state index < -0.39 is 0 Å². The zero-order valence-corrected chi connectivity index (χ0v) is 11.2. The molecule has 0 aromatic carbocycles. The van der Waals surface area contributed by atoms with E-state index in [1.165, 1.54) is 12.8 Å². The minimum atomic E-state index is 0. The van der Waals surface area contributed by atoms with Crippen molar-refractivity contribution in [1.29, 1.82) is 0 Å². The molecular weight excluding hydrogens is 240 g/mol. The van der Waals surface area contributed by atoms with Crippen LogP contribution >= 0.6 is 0 Å². The zero-order valence-electron chi connectivity index (χ0n) is 11.2. The summed E-state index contributed by atoms with van der Waals surface area (Å²) in [6.45, 7) is 5.90. The lowest BCUT2D eigenvalue weighted by Crippen LogP contribution is -2.22. The predicted octanol–water partition coefficient (Wildman–Crippen LogP) is -3.66. The lowest BCUT2D eigenvalue weighted by Gasteiger charge is -2.04. The van der Waals surface area contributed by atoms with Gasteiger partial charge in [0.1, 0.15) is 0 Å². The Morgan fingerprint density at radius 1 is 0.500 bits per heavy atom. The molecule has 0 aliphatic rings. The van der Waals surface area contributed by atoms with Gasteiger partial charge in [0.25, 0.3) is 0 Å². The van der Waals surface area contributed by atoms with Gasteiger partial charge in [0.05, 0.1) is 0 Å². The second kappa shape index (κ2) is 30.1. The Balaban J connectivity index is -0.000000141. The summed E-state index contributed by atoms with van der Waals surface area (Å²) in [5.41, 5.74) is 10.8. The number of hydrogen-bond donors (Lipinski definition) is 4. The molecule has 0 heterocycles. The van der Waals surface area contributed by atoms with E-state index in [1.54, 1.807) is 0 Å². The Hall–Kier alpha value is -0.320. The highest BCUT2D eigenvalue weighted by molar-refractivity contribution is 4.52.